The minimum absolute atomic E-state index is 0.0469. The van der Waals surface area contributed by atoms with Crippen molar-refractivity contribution in [2.24, 2.45) is 0 Å². The molecule has 2 aromatic carbocycles. The number of carboxylic acid groups (broad SMARTS) is 2. The van der Waals surface area contributed by atoms with Gasteiger partial charge in [-0.1, -0.05) is 41.9 Å². The highest BCUT2D eigenvalue weighted by Gasteiger charge is 2.56. The van der Waals surface area contributed by atoms with E-state index in [2.05, 4.69) is 11.8 Å². The Kier molecular flexibility index (Phi) is 6.10. The van der Waals surface area contributed by atoms with E-state index < -0.39 is 17.7 Å². The third-order valence-electron chi connectivity index (χ3n) is 5.52. The number of hydrogen-bond donors (Lipinski definition) is 2. The van der Waals surface area contributed by atoms with Crippen molar-refractivity contribution in [3.63, 3.8) is 0 Å². The fraction of sp³-hybridized carbons (Fsp3) is 0.304. The van der Waals surface area contributed by atoms with Crippen LogP contribution in [0.2, 0.25) is 5.02 Å². The number of benzene rings is 2. The first kappa shape index (κ1) is 22.1. The van der Waals surface area contributed by atoms with Gasteiger partial charge in [0.15, 0.2) is 5.76 Å². The predicted octanol–water partition coefficient (Wildman–Crippen LogP) is 3.51. The van der Waals surface area contributed by atoms with Crippen LogP contribution in [0.4, 0.5) is 0 Å². The SMILES string of the molecule is CC(Cc1cccc(C2=COC(C(=O)O)(C(=O)O)O2)c1)N1CCOC1c1cccc(Cl)c1. The van der Waals surface area contributed by atoms with Crippen LogP contribution in [0.1, 0.15) is 29.8 Å². The molecule has 168 valence electrons. The van der Waals surface area contributed by atoms with E-state index >= 15 is 0 Å². The number of carboxylic acids is 2. The Hall–Kier alpha value is -3.07. The molecule has 2 atom stereocenters. The highest BCUT2D eigenvalue weighted by molar-refractivity contribution is 6.30. The van der Waals surface area contributed by atoms with Gasteiger partial charge in [-0.2, -0.15) is 0 Å². The summed E-state index contributed by atoms with van der Waals surface area (Å²) in [6.07, 6.45) is 1.52. The number of ether oxygens (including phenoxy) is 3. The molecule has 32 heavy (non-hydrogen) atoms. The topological polar surface area (TPSA) is 106 Å². The first-order valence-electron chi connectivity index (χ1n) is 10.1. The minimum atomic E-state index is -2.77. The van der Waals surface area contributed by atoms with Gasteiger partial charge in [0, 0.05) is 23.2 Å². The third kappa shape index (κ3) is 4.17. The Morgan fingerprint density at radius 3 is 2.62 bits per heavy atom. The number of carbonyl (C=O) groups is 2. The van der Waals surface area contributed by atoms with Crippen molar-refractivity contribution in [3.8, 4) is 0 Å². The molecular weight excluding hydrogens is 438 g/mol. The van der Waals surface area contributed by atoms with E-state index in [1.807, 2.05) is 36.4 Å². The summed E-state index contributed by atoms with van der Waals surface area (Å²) in [6, 6.07) is 15.0. The summed E-state index contributed by atoms with van der Waals surface area (Å²) in [5.41, 5.74) is 2.50. The Labute approximate surface area is 189 Å². The molecule has 0 amide bonds. The second-order valence-corrected chi connectivity index (χ2v) is 8.13. The fourth-order valence-electron chi connectivity index (χ4n) is 3.94. The van der Waals surface area contributed by atoms with Crippen LogP contribution < -0.4 is 0 Å². The Morgan fingerprint density at radius 1 is 1.19 bits per heavy atom. The largest absolute Gasteiger partial charge is 0.475 e. The lowest BCUT2D eigenvalue weighted by Gasteiger charge is -2.29. The van der Waals surface area contributed by atoms with Gasteiger partial charge in [0.05, 0.1) is 6.61 Å². The van der Waals surface area contributed by atoms with Crippen molar-refractivity contribution in [3.05, 3.63) is 76.5 Å². The van der Waals surface area contributed by atoms with Gasteiger partial charge in [0.25, 0.3) is 0 Å². The zero-order chi connectivity index (χ0) is 22.9. The molecule has 9 heteroatoms. The normalized spacial score (nSPS) is 20.8. The van der Waals surface area contributed by atoms with Gasteiger partial charge in [-0.15, -0.1) is 0 Å². The summed E-state index contributed by atoms with van der Waals surface area (Å²) in [6.45, 7) is 3.50. The highest BCUT2D eigenvalue weighted by atomic mass is 35.5. The molecular formula is C23H22ClNO7. The van der Waals surface area contributed by atoms with Crippen LogP contribution in [0, 0.1) is 0 Å². The average molecular weight is 460 g/mol. The first-order valence-corrected chi connectivity index (χ1v) is 10.4. The lowest BCUT2D eigenvalue weighted by Crippen LogP contribution is -2.47. The molecule has 0 bridgehead atoms. The lowest BCUT2D eigenvalue weighted by molar-refractivity contribution is -0.207. The summed E-state index contributed by atoms with van der Waals surface area (Å²) in [5, 5.41) is 19.1. The lowest BCUT2D eigenvalue weighted by atomic mass is 10.0. The van der Waals surface area contributed by atoms with E-state index in [0.29, 0.717) is 23.6 Å². The van der Waals surface area contributed by atoms with Crippen LogP contribution in [-0.4, -0.2) is 52.0 Å². The summed E-state index contributed by atoms with van der Waals surface area (Å²) in [5.74, 6) is -6.19. The molecule has 1 fully saturated rings. The van der Waals surface area contributed by atoms with E-state index in [4.69, 9.17) is 25.8 Å². The molecule has 0 saturated carbocycles. The van der Waals surface area contributed by atoms with Crippen LogP contribution in [0.3, 0.4) is 0 Å². The van der Waals surface area contributed by atoms with Gasteiger partial charge in [-0.25, -0.2) is 9.59 Å². The average Bonchev–Trinajstić information content (AvgIpc) is 3.42. The standard InChI is InChI=1S/C23H22ClNO7/c1-14(25-8-9-30-20(25)17-6-3-7-18(24)12-17)10-15-4-2-5-16(11-15)19-13-31-23(32-19,21(26)27)22(28)29/h2-7,11-14,20H,8-10H2,1H3,(H,26,27)(H,28,29). The van der Waals surface area contributed by atoms with Crippen molar-refractivity contribution < 1.29 is 34.0 Å². The number of rotatable bonds is 7. The zero-order valence-corrected chi connectivity index (χ0v) is 18.0. The molecule has 8 nitrogen and oxygen atoms in total. The van der Waals surface area contributed by atoms with E-state index in [1.165, 1.54) is 0 Å². The van der Waals surface area contributed by atoms with Crippen molar-refractivity contribution >= 4 is 29.3 Å². The van der Waals surface area contributed by atoms with Gasteiger partial charge >= 0.3 is 17.7 Å². The summed E-state index contributed by atoms with van der Waals surface area (Å²) in [4.78, 5) is 25.0. The quantitative estimate of drug-likeness (QED) is 0.606. The van der Waals surface area contributed by atoms with Crippen LogP contribution in [-0.2, 0) is 30.2 Å². The molecule has 4 rings (SSSR count). The summed E-state index contributed by atoms with van der Waals surface area (Å²) < 4.78 is 16.0. The number of hydrogen-bond acceptors (Lipinski definition) is 6. The monoisotopic (exact) mass is 459 g/mol. The van der Waals surface area contributed by atoms with E-state index in [9.17, 15) is 19.8 Å². The smallest absolute Gasteiger partial charge is 0.452 e. The molecule has 0 radical (unpaired) electrons. The van der Waals surface area contributed by atoms with Gasteiger partial charge in [-0.05, 0) is 42.7 Å². The fourth-order valence-corrected chi connectivity index (χ4v) is 4.14. The molecule has 2 aliphatic rings. The van der Waals surface area contributed by atoms with Crippen molar-refractivity contribution in [2.45, 2.75) is 31.4 Å². The Bertz CT molecular complexity index is 1060. The third-order valence-corrected chi connectivity index (χ3v) is 5.75. The van der Waals surface area contributed by atoms with Gasteiger partial charge < -0.3 is 24.4 Å². The second kappa shape index (κ2) is 8.82. The molecule has 2 N–H and O–H groups in total. The molecule has 0 spiro atoms. The summed E-state index contributed by atoms with van der Waals surface area (Å²) in [7, 11) is 0. The van der Waals surface area contributed by atoms with Gasteiger partial charge in [0.2, 0.25) is 0 Å². The molecule has 2 unspecified atom stereocenters. The van der Waals surface area contributed by atoms with Crippen molar-refractivity contribution in [1.82, 2.24) is 4.90 Å². The first-order chi connectivity index (χ1) is 15.3. The van der Waals surface area contributed by atoms with Gasteiger partial charge in [0.1, 0.15) is 12.5 Å². The van der Waals surface area contributed by atoms with E-state index in [0.717, 1.165) is 23.9 Å². The summed E-state index contributed by atoms with van der Waals surface area (Å²) >= 11 is 6.14. The highest BCUT2D eigenvalue weighted by Crippen LogP contribution is 2.34. The second-order valence-electron chi connectivity index (χ2n) is 7.70. The number of halogens is 1. The molecule has 1 saturated heterocycles. The number of nitrogens with zero attached hydrogens (tertiary/aromatic N) is 1. The maximum Gasteiger partial charge on any atom is 0.452 e. The maximum atomic E-state index is 11.4. The Morgan fingerprint density at radius 2 is 1.94 bits per heavy atom. The number of aliphatic carboxylic acids is 2. The van der Waals surface area contributed by atoms with Gasteiger partial charge in [-0.3, -0.25) is 4.90 Å². The Balaban J connectivity index is 1.48. The predicted molar refractivity (Wildman–Crippen MR) is 115 cm³/mol. The maximum absolute atomic E-state index is 11.4. The molecule has 0 aliphatic carbocycles. The van der Waals surface area contributed by atoms with Crippen LogP contribution in [0.5, 0.6) is 0 Å². The zero-order valence-electron chi connectivity index (χ0n) is 17.2. The minimum Gasteiger partial charge on any atom is -0.475 e. The van der Waals surface area contributed by atoms with Crippen molar-refractivity contribution in [1.29, 1.82) is 0 Å². The van der Waals surface area contributed by atoms with E-state index in [1.54, 1.807) is 12.1 Å². The molecule has 2 heterocycles. The van der Waals surface area contributed by atoms with Crippen LogP contribution in [0.15, 0.2) is 54.8 Å². The van der Waals surface area contributed by atoms with Crippen LogP contribution >= 0.6 is 11.6 Å². The van der Waals surface area contributed by atoms with E-state index in [-0.39, 0.29) is 18.0 Å². The molecule has 2 aliphatic heterocycles. The van der Waals surface area contributed by atoms with Crippen molar-refractivity contribution in [2.75, 3.05) is 13.2 Å². The molecule has 0 aromatic heterocycles. The van der Waals surface area contributed by atoms with Crippen LogP contribution in [0.25, 0.3) is 5.76 Å². The molecule has 2 aromatic rings.